The van der Waals surface area contributed by atoms with Gasteiger partial charge >= 0.3 is 0 Å². The van der Waals surface area contributed by atoms with Gasteiger partial charge in [0, 0.05) is 55.4 Å². The van der Waals surface area contributed by atoms with Gasteiger partial charge in [0.1, 0.15) is 0 Å². The van der Waals surface area contributed by atoms with Crippen molar-refractivity contribution in [2.75, 3.05) is 39.3 Å². The fraction of sp³-hybridized carbons (Fsp3) is 0.625. The molecule has 21 heavy (non-hydrogen) atoms. The average molecular weight is 330 g/mol. The topological polar surface area (TPSA) is 32.5 Å². The van der Waals surface area contributed by atoms with Gasteiger partial charge in [-0.2, -0.15) is 0 Å². The molecule has 0 spiro atoms. The molecule has 0 aromatic heterocycles. The number of hydrogen-bond donors (Lipinski definition) is 1. The summed E-state index contributed by atoms with van der Waals surface area (Å²) in [6.45, 7) is 10.5. The van der Waals surface area contributed by atoms with E-state index in [9.17, 15) is 0 Å². The Labute approximate surface area is 138 Å². The van der Waals surface area contributed by atoms with E-state index in [1.54, 1.807) is 0 Å². The van der Waals surface area contributed by atoms with Gasteiger partial charge in [-0.25, -0.2) is 0 Å². The van der Waals surface area contributed by atoms with Crippen LogP contribution in [0.2, 0.25) is 10.0 Å². The van der Waals surface area contributed by atoms with Gasteiger partial charge in [0.2, 0.25) is 0 Å². The van der Waals surface area contributed by atoms with Crippen LogP contribution < -0.4 is 5.73 Å². The van der Waals surface area contributed by atoms with Crippen molar-refractivity contribution in [1.29, 1.82) is 0 Å². The molecule has 1 aromatic rings. The number of nitrogens with two attached hydrogens (primary N) is 1. The highest BCUT2D eigenvalue weighted by atomic mass is 35.5. The van der Waals surface area contributed by atoms with Crippen molar-refractivity contribution in [3.05, 3.63) is 33.8 Å². The lowest BCUT2D eigenvalue weighted by Crippen LogP contribution is -2.49. The molecule has 0 amide bonds. The molecule has 0 bridgehead atoms. The summed E-state index contributed by atoms with van der Waals surface area (Å²) < 4.78 is 0. The van der Waals surface area contributed by atoms with E-state index in [0.717, 1.165) is 36.8 Å². The first-order chi connectivity index (χ1) is 10.0. The van der Waals surface area contributed by atoms with E-state index in [1.807, 2.05) is 18.2 Å². The first-order valence-electron chi connectivity index (χ1n) is 7.62. The second kappa shape index (κ2) is 7.80. The summed E-state index contributed by atoms with van der Waals surface area (Å²) in [5.74, 6) is 0.712. The second-order valence-electron chi connectivity index (χ2n) is 6.15. The smallest absolute Gasteiger partial charge is 0.0486 e. The average Bonchev–Trinajstić information content (AvgIpc) is 2.44. The number of halogens is 2. The predicted octanol–water partition coefficient (Wildman–Crippen LogP) is 3.27. The molecule has 2 rings (SSSR count). The van der Waals surface area contributed by atoms with E-state index >= 15 is 0 Å². The van der Waals surface area contributed by atoms with E-state index in [1.165, 1.54) is 6.54 Å². The summed E-state index contributed by atoms with van der Waals surface area (Å²) in [6.07, 6.45) is 0. The summed E-state index contributed by atoms with van der Waals surface area (Å²) in [4.78, 5) is 4.95. The zero-order chi connectivity index (χ0) is 15.4. The number of benzene rings is 1. The van der Waals surface area contributed by atoms with Crippen molar-refractivity contribution in [2.45, 2.75) is 19.9 Å². The molecule has 1 atom stereocenters. The summed E-state index contributed by atoms with van der Waals surface area (Å²) in [6, 6.07) is 5.78. The fourth-order valence-electron chi connectivity index (χ4n) is 3.02. The Hall–Kier alpha value is -0.320. The van der Waals surface area contributed by atoms with E-state index in [2.05, 4.69) is 23.6 Å². The van der Waals surface area contributed by atoms with Crippen molar-refractivity contribution in [3.63, 3.8) is 0 Å². The maximum absolute atomic E-state index is 6.34. The van der Waals surface area contributed by atoms with Gasteiger partial charge in [-0.15, -0.1) is 0 Å². The zero-order valence-corrected chi connectivity index (χ0v) is 14.4. The lowest BCUT2D eigenvalue weighted by Gasteiger charge is -2.40. The molecule has 1 heterocycles. The minimum Gasteiger partial charge on any atom is -0.329 e. The molecular formula is C16H25Cl2N3. The third-order valence-corrected chi connectivity index (χ3v) is 4.59. The molecule has 3 nitrogen and oxygen atoms in total. The predicted molar refractivity (Wildman–Crippen MR) is 91.1 cm³/mol. The Morgan fingerprint density at radius 1 is 1.14 bits per heavy atom. The lowest BCUT2D eigenvalue weighted by molar-refractivity contribution is 0.0913. The number of piperazine rings is 1. The molecule has 1 aliphatic rings. The van der Waals surface area contributed by atoms with Crippen molar-refractivity contribution in [1.82, 2.24) is 9.80 Å². The van der Waals surface area contributed by atoms with Crippen LogP contribution in [0.3, 0.4) is 0 Å². The maximum Gasteiger partial charge on any atom is 0.0486 e. The monoisotopic (exact) mass is 329 g/mol. The van der Waals surface area contributed by atoms with Crippen molar-refractivity contribution >= 4 is 23.2 Å². The van der Waals surface area contributed by atoms with Gasteiger partial charge in [0.15, 0.2) is 0 Å². The summed E-state index contributed by atoms with van der Waals surface area (Å²) in [5.41, 5.74) is 7.06. The third kappa shape index (κ3) is 4.57. The Morgan fingerprint density at radius 2 is 1.81 bits per heavy atom. The summed E-state index contributed by atoms with van der Waals surface area (Å²) in [7, 11) is 0. The Kier molecular flexibility index (Phi) is 6.33. The molecule has 0 saturated carbocycles. The van der Waals surface area contributed by atoms with Gasteiger partial charge in [0.05, 0.1) is 0 Å². The van der Waals surface area contributed by atoms with Crippen LogP contribution in [0.5, 0.6) is 0 Å². The van der Waals surface area contributed by atoms with Gasteiger partial charge in [-0.1, -0.05) is 37.0 Å². The van der Waals surface area contributed by atoms with Crippen LogP contribution in [0.15, 0.2) is 18.2 Å². The first kappa shape index (κ1) is 17.0. The highest BCUT2D eigenvalue weighted by molar-refractivity contribution is 6.33. The highest BCUT2D eigenvalue weighted by Gasteiger charge is 2.25. The van der Waals surface area contributed by atoms with E-state index < -0.39 is 0 Å². The SMILES string of the molecule is CC(C)CN1CCN(C(CN)c2cc(Cl)ccc2Cl)CC1. The molecule has 118 valence electrons. The molecule has 0 aliphatic carbocycles. The zero-order valence-electron chi connectivity index (χ0n) is 12.9. The normalized spacial score (nSPS) is 19.1. The standard InChI is InChI=1S/C16H25Cl2N3/c1-12(2)11-20-5-7-21(8-6-20)16(10-19)14-9-13(17)3-4-15(14)18/h3-4,9,12,16H,5-8,10-11,19H2,1-2H3. The number of rotatable bonds is 5. The van der Waals surface area contributed by atoms with E-state index in [0.29, 0.717) is 17.5 Å². The summed E-state index contributed by atoms with van der Waals surface area (Å²) >= 11 is 12.4. The molecule has 1 fully saturated rings. The van der Waals surface area contributed by atoms with E-state index in [-0.39, 0.29) is 6.04 Å². The number of hydrogen-bond acceptors (Lipinski definition) is 3. The Morgan fingerprint density at radius 3 is 2.38 bits per heavy atom. The van der Waals surface area contributed by atoms with Gasteiger partial charge < -0.3 is 10.6 Å². The summed E-state index contributed by atoms with van der Waals surface area (Å²) in [5, 5.41) is 1.46. The molecule has 1 unspecified atom stereocenters. The minimum absolute atomic E-state index is 0.150. The molecule has 5 heteroatoms. The lowest BCUT2D eigenvalue weighted by atomic mass is 10.0. The largest absolute Gasteiger partial charge is 0.329 e. The van der Waals surface area contributed by atoms with Crippen LogP contribution in [-0.2, 0) is 0 Å². The Bertz CT molecular complexity index is 457. The van der Waals surface area contributed by atoms with Crippen LogP contribution in [0.4, 0.5) is 0 Å². The maximum atomic E-state index is 6.34. The molecule has 1 aliphatic heterocycles. The first-order valence-corrected chi connectivity index (χ1v) is 8.38. The molecule has 2 N–H and O–H groups in total. The van der Waals surface area contributed by atoms with E-state index in [4.69, 9.17) is 28.9 Å². The quantitative estimate of drug-likeness (QED) is 0.899. The van der Waals surface area contributed by atoms with Crippen molar-refractivity contribution in [2.24, 2.45) is 11.7 Å². The van der Waals surface area contributed by atoms with Crippen molar-refractivity contribution in [3.8, 4) is 0 Å². The van der Waals surface area contributed by atoms with Gasteiger partial charge in [0.25, 0.3) is 0 Å². The van der Waals surface area contributed by atoms with Crippen LogP contribution in [-0.4, -0.2) is 49.1 Å². The van der Waals surface area contributed by atoms with Crippen LogP contribution in [0, 0.1) is 5.92 Å². The van der Waals surface area contributed by atoms with Gasteiger partial charge in [-0.05, 0) is 29.7 Å². The third-order valence-electron chi connectivity index (χ3n) is 4.01. The fourth-order valence-corrected chi connectivity index (χ4v) is 3.44. The molecular weight excluding hydrogens is 305 g/mol. The highest BCUT2D eigenvalue weighted by Crippen LogP contribution is 2.30. The Balaban J connectivity index is 2.04. The number of nitrogens with zero attached hydrogens (tertiary/aromatic N) is 2. The molecule has 1 aromatic carbocycles. The molecule has 1 saturated heterocycles. The second-order valence-corrected chi connectivity index (χ2v) is 6.99. The van der Waals surface area contributed by atoms with Crippen LogP contribution in [0.1, 0.15) is 25.5 Å². The van der Waals surface area contributed by atoms with Crippen LogP contribution >= 0.6 is 23.2 Å². The van der Waals surface area contributed by atoms with Crippen LogP contribution in [0.25, 0.3) is 0 Å². The molecule has 0 radical (unpaired) electrons. The van der Waals surface area contributed by atoms with Gasteiger partial charge in [-0.3, -0.25) is 4.90 Å². The van der Waals surface area contributed by atoms with Crippen molar-refractivity contribution < 1.29 is 0 Å². The minimum atomic E-state index is 0.150.